The van der Waals surface area contributed by atoms with Crippen LogP contribution < -0.4 is 4.74 Å². The van der Waals surface area contributed by atoms with E-state index in [-0.39, 0.29) is 0 Å². The van der Waals surface area contributed by atoms with E-state index in [9.17, 15) is 0 Å². The molecule has 7 aromatic rings. The van der Waals surface area contributed by atoms with Crippen LogP contribution in [0.4, 0.5) is 0 Å². The van der Waals surface area contributed by atoms with E-state index >= 15 is 0 Å². The summed E-state index contributed by atoms with van der Waals surface area (Å²) in [6, 6.07) is 30.2. The minimum atomic E-state index is 0.317. The second kappa shape index (κ2) is 11.9. The molecule has 0 radical (unpaired) electrons. The molecule has 0 saturated heterocycles. The smallest absolute Gasteiger partial charge is 0.137 e. The van der Waals surface area contributed by atoms with Crippen molar-refractivity contribution in [1.29, 1.82) is 0 Å². The number of rotatable bonds is 7. The lowest BCUT2D eigenvalue weighted by Crippen LogP contribution is -2.02. The number of aryl methyl sites for hydroxylation is 5. The Balaban J connectivity index is 1.34. The molecule has 4 aromatic carbocycles. The van der Waals surface area contributed by atoms with Crippen molar-refractivity contribution in [3.63, 3.8) is 0 Å². The molecule has 0 aliphatic heterocycles. The third kappa shape index (κ3) is 5.40. The Kier molecular flexibility index (Phi) is 7.71. The van der Waals surface area contributed by atoms with E-state index in [1.54, 1.807) is 0 Å². The van der Waals surface area contributed by atoms with E-state index in [0.29, 0.717) is 5.92 Å². The van der Waals surface area contributed by atoms with Gasteiger partial charge in [-0.1, -0.05) is 56.7 Å². The van der Waals surface area contributed by atoms with Crippen molar-refractivity contribution in [2.24, 2.45) is 0 Å². The predicted molar refractivity (Wildman–Crippen MR) is 195 cm³/mol. The predicted octanol–water partition coefficient (Wildman–Crippen LogP) is 11.1. The molecule has 3 aromatic heterocycles. The van der Waals surface area contributed by atoms with Crippen LogP contribution in [0.25, 0.3) is 44.4 Å². The lowest BCUT2D eigenvalue weighted by molar-refractivity contribution is 0.481. The number of benzene rings is 4. The fourth-order valence-electron chi connectivity index (χ4n) is 7.15. The summed E-state index contributed by atoms with van der Waals surface area (Å²) in [6.45, 7) is 17.4. The van der Waals surface area contributed by atoms with E-state index in [4.69, 9.17) is 14.8 Å². The molecule has 5 heteroatoms. The summed E-state index contributed by atoms with van der Waals surface area (Å²) in [5.41, 5.74) is 14.1. The van der Waals surface area contributed by atoms with Gasteiger partial charge in [-0.25, -0.2) is 9.67 Å². The normalized spacial score (nSPS) is 11.7. The van der Waals surface area contributed by atoms with Crippen LogP contribution in [0.2, 0.25) is 0 Å². The molecule has 7 rings (SSSR count). The molecule has 3 heterocycles. The molecule has 0 bridgehead atoms. The van der Waals surface area contributed by atoms with Gasteiger partial charge in [-0.2, -0.15) is 5.10 Å². The Bertz CT molecular complexity index is 2280. The van der Waals surface area contributed by atoms with Gasteiger partial charge in [0.05, 0.1) is 22.4 Å². The fourth-order valence-corrected chi connectivity index (χ4v) is 7.15. The zero-order chi connectivity index (χ0) is 33.0. The highest BCUT2D eigenvalue weighted by Gasteiger charge is 2.20. The van der Waals surface area contributed by atoms with Crippen molar-refractivity contribution in [3.05, 3.63) is 130 Å². The molecule has 236 valence electrons. The van der Waals surface area contributed by atoms with Crippen molar-refractivity contribution in [1.82, 2.24) is 19.3 Å². The number of nitrogens with zero attached hydrogens (tertiary/aromatic N) is 4. The second-order valence-electron chi connectivity index (χ2n) is 13.2. The van der Waals surface area contributed by atoms with Crippen molar-refractivity contribution in [2.45, 2.75) is 67.7 Å². The Morgan fingerprint density at radius 1 is 0.723 bits per heavy atom. The first-order valence-electron chi connectivity index (χ1n) is 16.6. The maximum absolute atomic E-state index is 6.71. The number of aromatic nitrogens is 4. The van der Waals surface area contributed by atoms with Crippen molar-refractivity contribution < 1.29 is 4.74 Å². The first-order chi connectivity index (χ1) is 22.6. The zero-order valence-corrected chi connectivity index (χ0v) is 28.6. The van der Waals surface area contributed by atoms with Crippen LogP contribution in [-0.4, -0.2) is 19.3 Å². The van der Waals surface area contributed by atoms with Gasteiger partial charge in [0.1, 0.15) is 17.3 Å². The van der Waals surface area contributed by atoms with Gasteiger partial charge in [0.25, 0.3) is 0 Å². The number of hydrogen-bond acceptors (Lipinski definition) is 3. The lowest BCUT2D eigenvalue weighted by Gasteiger charge is -2.15. The molecule has 0 fully saturated rings. The van der Waals surface area contributed by atoms with E-state index < -0.39 is 0 Å². The number of fused-ring (bicyclic) bond motifs is 3. The van der Waals surface area contributed by atoms with E-state index in [0.717, 1.165) is 51.8 Å². The average Bonchev–Trinajstić information content (AvgIpc) is 3.53. The monoisotopic (exact) mass is 618 g/mol. The molecule has 0 aliphatic carbocycles. The van der Waals surface area contributed by atoms with Gasteiger partial charge in [-0.05, 0) is 117 Å². The van der Waals surface area contributed by atoms with Crippen LogP contribution in [0.15, 0.2) is 91.1 Å². The summed E-state index contributed by atoms with van der Waals surface area (Å²) in [6.07, 6.45) is 2.86. The third-order valence-corrected chi connectivity index (χ3v) is 9.37. The summed E-state index contributed by atoms with van der Waals surface area (Å²) < 4.78 is 11.0. The summed E-state index contributed by atoms with van der Waals surface area (Å²) >= 11 is 0. The molecule has 5 nitrogen and oxygen atoms in total. The summed E-state index contributed by atoms with van der Waals surface area (Å²) in [7, 11) is 0. The molecule has 0 atom stereocenters. The molecule has 0 aliphatic rings. The number of pyridine rings is 1. The number of hydrogen-bond donors (Lipinski definition) is 0. The standard InChI is InChI=1S/C42H42N4O/c1-9-31-16-17-43-40(20-31)45-38-13-11-10-12-36(38)37-15-14-34(24-39(37)45)47-35-22-32(25(2)3)21-33(23-35)46-30(8)42(29(7)44-46)41-27(5)18-26(4)19-28(41)6/h10-25H,9H2,1-8H3. The summed E-state index contributed by atoms with van der Waals surface area (Å²) in [5.74, 6) is 2.80. The van der Waals surface area contributed by atoms with Crippen molar-refractivity contribution in [2.75, 3.05) is 0 Å². The maximum Gasteiger partial charge on any atom is 0.137 e. The van der Waals surface area contributed by atoms with Crippen LogP contribution in [0.3, 0.4) is 0 Å². The summed E-state index contributed by atoms with van der Waals surface area (Å²) in [4.78, 5) is 4.79. The van der Waals surface area contributed by atoms with Gasteiger partial charge >= 0.3 is 0 Å². The fraction of sp³-hybridized carbons (Fsp3) is 0.238. The van der Waals surface area contributed by atoms with E-state index in [2.05, 4.69) is 150 Å². The van der Waals surface area contributed by atoms with Gasteiger partial charge in [0, 0.05) is 40.4 Å². The van der Waals surface area contributed by atoms with Crippen LogP contribution in [0.5, 0.6) is 11.5 Å². The zero-order valence-electron chi connectivity index (χ0n) is 28.6. The van der Waals surface area contributed by atoms with Crippen molar-refractivity contribution >= 4 is 21.8 Å². The first-order valence-corrected chi connectivity index (χ1v) is 16.6. The van der Waals surface area contributed by atoms with Crippen LogP contribution >= 0.6 is 0 Å². The molecule has 47 heavy (non-hydrogen) atoms. The molecule has 0 N–H and O–H groups in total. The summed E-state index contributed by atoms with van der Waals surface area (Å²) in [5, 5.41) is 7.45. The van der Waals surface area contributed by atoms with Gasteiger partial charge < -0.3 is 4.74 Å². The molecular formula is C42H42N4O. The Hall–Kier alpha value is -5.16. The highest BCUT2D eigenvalue weighted by atomic mass is 16.5. The van der Waals surface area contributed by atoms with Gasteiger partial charge in [0.2, 0.25) is 0 Å². The van der Waals surface area contributed by atoms with Crippen LogP contribution in [-0.2, 0) is 6.42 Å². The van der Waals surface area contributed by atoms with Crippen LogP contribution in [0, 0.1) is 34.6 Å². The quantitative estimate of drug-likeness (QED) is 0.178. The Labute approximate surface area is 277 Å². The maximum atomic E-state index is 6.71. The molecule has 0 saturated carbocycles. The first kappa shape index (κ1) is 30.5. The topological polar surface area (TPSA) is 44.9 Å². The Morgan fingerprint density at radius 3 is 2.21 bits per heavy atom. The molecule has 0 amide bonds. The highest BCUT2D eigenvalue weighted by molar-refractivity contribution is 6.09. The minimum Gasteiger partial charge on any atom is -0.457 e. The highest BCUT2D eigenvalue weighted by Crippen LogP contribution is 2.38. The van der Waals surface area contributed by atoms with E-state index in [1.165, 1.54) is 49.7 Å². The van der Waals surface area contributed by atoms with Crippen LogP contribution in [0.1, 0.15) is 65.9 Å². The average molecular weight is 619 g/mol. The van der Waals surface area contributed by atoms with Gasteiger partial charge in [0.15, 0.2) is 0 Å². The number of para-hydroxylation sites is 1. The number of ether oxygens (including phenoxy) is 1. The largest absolute Gasteiger partial charge is 0.457 e. The van der Waals surface area contributed by atoms with E-state index in [1.807, 2.05) is 6.20 Å². The minimum absolute atomic E-state index is 0.317. The van der Waals surface area contributed by atoms with Crippen molar-refractivity contribution in [3.8, 4) is 34.1 Å². The van der Waals surface area contributed by atoms with Gasteiger partial charge in [-0.15, -0.1) is 0 Å². The Morgan fingerprint density at radius 2 is 1.47 bits per heavy atom. The third-order valence-electron chi connectivity index (χ3n) is 9.37. The molecule has 0 spiro atoms. The second-order valence-corrected chi connectivity index (χ2v) is 13.2. The SMILES string of the molecule is CCc1ccnc(-n2c3ccccc3c3ccc(Oc4cc(C(C)C)cc(-n5nc(C)c(-c6c(C)cc(C)cc6C)c5C)c4)cc32)c1. The molecular weight excluding hydrogens is 576 g/mol. The molecule has 0 unspecified atom stereocenters. The lowest BCUT2D eigenvalue weighted by atomic mass is 9.92. The van der Waals surface area contributed by atoms with Gasteiger partial charge in [-0.3, -0.25) is 4.57 Å².